The zero-order valence-electron chi connectivity index (χ0n) is 21.7. The highest BCUT2D eigenvalue weighted by Gasteiger charge is 2.47. The molecular weight excluding hydrogens is 550 g/mol. The maximum Gasteiger partial charge on any atom is 0.412 e. The highest BCUT2D eigenvalue weighted by atomic mass is 35.5. The van der Waals surface area contributed by atoms with Crippen molar-refractivity contribution in [1.29, 1.82) is 0 Å². The molecule has 0 aliphatic carbocycles. The molecule has 0 radical (unpaired) electrons. The van der Waals surface area contributed by atoms with Crippen molar-refractivity contribution in [1.82, 2.24) is 10.1 Å². The number of carbonyl (C=O) groups is 3. The topological polar surface area (TPSA) is 146 Å². The van der Waals surface area contributed by atoms with E-state index in [0.29, 0.717) is 59.0 Å². The third-order valence-corrected chi connectivity index (χ3v) is 7.61. The zero-order valence-corrected chi connectivity index (χ0v) is 22.5. The molecule has 2 aliphatic rings. The van der Waals surface area contributed by atoms with Gasteiger partial charge in [0.2, 0.25) is 5.91 Å². The Kier molecular flexibility index (Phi) is 6.88. The second-order valence-corrected chi connectivity index (χ2v) is 10.6. The van der Waals surface area contributed by atoms with Crippen LogP contribution in [0, 0.1) is 0 Å². The molecule has 0 bridgehead atoms. The molecule has 3 heterocycles. The van der Waals surface area contributed by atoms with E-state index in [1.165, 1.54) is 0 Å². The van der Waals surface area contributed by atoms with E-state index < -0.39 is 23.8 Å². The van der Waals surface area contributed by atoms with Crippen molar-refractivity contribution in [2.24, 2.45) is 0 Å². The van der Waals surface area contributed by atoms with Crippen LogP contribution in [0.3, 0.4) is 0 Å². The Bertz CT molecular complexity index is 1640. The first-order valence-corrected chi connectivity index (χ1v) is 13.5. The number of hydrogen-bond donors (Lipinski definition) is 4. The number of piperidine rings is 1. The number of halogens is 1. The van der Waals surface area contributed by atoms with E-state index in [1.54, 1.807) is 41.3 Å². The Balaban J connectivity index is 1.32. The molecule has 3 amide bonds. The SMILES string of the molecule is O=C(O)Nc1ccc2onc(N[C@@H](Cc3ccccc3)C(=O)N3CCC[C@@]4(C3)OC(=O)Nc3ccc(Cl)cc34)c2c1. The van der Waals surface area contributed by atoms with Gasteiger partial charge in [0.1, 0.15) is 6.04 Å². The van der Waals surface area contributed by atoms with E-state index in [2.05, 4.69) is 21.1 Å². The van der Waals surface area contributed by atoms with Crippen molar-refractivity contribution in [3.05, 3.63) is 82.9 Å². The third-order valence-electron chi connectivity index (χ3n) is 7.38. The fourth-order valence-corrected chi connectivity index (χ4v) is 5.73. The Morgan fingerprint density at radius 1 is 1.15 bits per heavy atom. The second kappa shape index (κ2) is 10.7. The van der Waals surface area contributed by atoms with Crippen molar-refractivity contribution < 1.29 is 28.8 Å². The Hall–Kier alpha value is -4.77. The van der Waals surface area contributed by atoms with Crippen LogP contribution in [-0.4, -0.2) is 52.4 Å². The molecule has 1 spiro atoms. The van der Waals surface area contributed by atoms with Gasteiger partial charge in [0.25, 0.3) is 0 Å². The molecule has 1 fully saturated rings. The third kappa shape index (κ3) is 5.36. The quantitative estimate of drug-likeness (QED) is 0.230. The Morgan fingerprint density at radius 2 is 1.98 bits per heavy atom. The van der Waals surface area contributed by atoms with Crippen molar-refractivity contribution >= 4 is 57.9 Å². The standard InChI is InChI=1S/C29H26ClN5O6/c30-18-7-9-22-21(14-18)29(40-28(39)33-22)11-4-12-35(16-29)26(36)23(13-17-5-2-1-3-6-17)32-25-20-15-19(31-27(37)38)8-10-24(20)41-34-25/h1-3,5-10,14-15,23,31H,4,11-13,16H2,(H,32,34)(H,33,39)(H,37,38)/t23-,29-/m0/s1. The molecule has 1 saturated heterocycles. The van der Waals surface area contributed by atoms with Crippen LogP contribution in [0.5, 0.6) is 0 Å². The molecule has 0 unspecified atom stereocenters. The van der Waals surface area contributed by atoms with Gasteiger partial charge in [0.15, 0.2) is 17.0 Å². The largest absolute Gasteiger partial charge is 0.465 e. The number of aromatic nitrogens is 1. The Morgan fingerprint density at radius 3 is 2.78 bits per heavy atom. The molecule has 12 heteroatoms. The number of nitrogens with one attached hydrogen (secondary N) is 3. The minimum atomic E-state index is -1.20. The summed E-state index contributed by atoms with van der Waals surface area (Å²) in [6.07, 6.45) is -0.281. The van der Waals surface area contributed by atoms with E-state index in [0.717, 1.165) is 11.1 Å². The van der Waals surface area contributed by atoms with Crippen molar-refractivity contribution in [2.75, 3.05) is 29.0 Å². The number of ether oxygens (including phenoxy) is 1. The molecule has 4 N–H and O–H groups in total. The summed E-state index contributed by atoms with van der Waals surface area (Å²) in [5.41, 5.74) is 2.00. The lowest BCUT2D eigenvalue weighted by Crippen LogP contribution is -2.56. The lowest BCUT2D eigenvalue weighted by molar-refractivity contribution is -0.139. The number of rotatable bonds is 6. The lowest BCUT2D eigenvalue weighted by Gasteiger charge is -2.45. The lowest BCUT2D eigenvalue weighted by atomic mass is 9.83. The number of benzene rings is 3. The molecule has 6 rings (SSSR count). The molecular formula is C29H26ClN5O6. The van der Waals surface area contributed by atoms with Gasteiger partial charge in [-0.1, -0.05) is 47.1 Å². The van der Waals surface area contributed by atoms with Gasteiger partial charge in [0.05, 0.1) is 17.6 Å². The first kappa shape index (κ1) is 26.5. The summed E-state index contributed by atoms with van der Waals surface area (Å²) in [4.78, 5) is 39.6. The van der Waals surface area contributed by atoms with E-state index in [-0.39, 0.29) is 12.5 Å². The maximum absolute atomic E-state index is 14.2. The van der Waals surface area contributed by atoms with E-state index in [1.807, 2.05) is 30.3 Å². The first-order chi connectivity index (χ1) is 19.8. The summed E-state index contributed by atoms with van der Waals surface area (Å²) < 4.78 is 11.3. The second-order valence-electron chi connectivity index (χ2n) is 10.1. The van der Waals surface area contributed by atoms with Crippen molar-refractivity contribution in [3.8, 4) is 0 Å². The summed E-state index contributed by atoms with van der Waals surface area (Å²) in [6, 6.07) is 18.8. The highest BCUT2D eigenvalue weighted by molar-refractivity contribution is 6.30. The molecule has 4 aromatic rings. The minimum Gasteiger partial charge on any atom is -0.465 e. The predicted molar refractivity (Wildman–Crippen MR) is 152 cm³/mol. The van der Waals surface area contributed by atoms with Crippen LogP contribution in [0.15, 0.2) is 71.3 Å². The fraction of sp³-hybridized carbons (Fsp3) is 0.241. The fourth-order valence-electron chi connectivity index (χ4n) is 5.56. The van der Waals surface area contributed by atoms with Crippen molar-refractivity contribution in [2.45, 2.75) is 30.9 Å². The smallest absolute Gasteiger partial charge is 0.412 e. The molecule has 210 valence electrons. The molecule has 11 nitrogen and oxygen atoms in total. The van der Waals surface area contributed by atoms with Crippen LogP contribution in [0.2, 0.25) is 5.02 Å². The maximum atomic E-state index is 14.2. The number of nitrogens with zero attached hydrogens (tertiary/aromatic N) is 2. The van der Waals surface area contributed by atoms with Gasteiger partial charge in [-0.25, -0.2) is 9.59 Å². The van der Waals surface area contributed by atoms with Gasteiger partial charge in [-0.3, -0.25) is 15.4 Å². The summed E-state index contributed by atoms with van der Waals surface area (Å²) in [6.45, 7) is 0.631. The molecule has 3 aromatic carbocycles. The number of hydrogen-bond acceptors (Lipinski definition) is 7. The average Bonchev–Trinajstić information content (AvgIpc) is 3.35. The number of carboxylic acid groups (broad SMARTS) is 1. The molecule has 2 aliphatic heterocycles. The van der Waals surface area contributed by atoms with E-state index in [9.17, 15) is 14.4 Å². The number of likely N-dealkylation sites (tertiary alicyclic amines) is 1. The van der Waals surface area contributed by atoms with Gasteiger partial charge in [-0.15, -0.1) is 0 Å². The summed E-state index contributed by atoms with van der Waals surface area (Å²) in [7, 11) is 0. The highest BCUT2D eigenvalue weighted by Crippen LogP contribution is 2.43. The average molecular weight is 576 g/mol. The number of carbonyl (C=O) groups excluding carboxylic acids is 2. The predicted octanol–water partition coefficient (Wildman–Crippen LogP) is 5.67. The van der Waals surface area contributed by atoms with Gasteiger partial charge >= 0.3 is 12.2 Å². The normalized spacial score (nSPS) is 18.8. The van der Waals surface area contributed by atoms with Crippen molar-refractivity contribution in [3.63, 3.8) is 0 Å². The Labute approximate surface area is 239 Å². The van der Waals surface area contributed by atoms with Gasteiger partial charge in [-0.2, -0.15) is 0 Å². The molecule has 1 aromatic heterocycles. The van der Waals surface area contributed by atoms with Crippen LogP contribution >= 0.6 is 11.6 Å². The van der Waals surface area contributed by atoms with E-state index in [4.69, 9.17) is 26.0 Å². The van der Waals surface area contributed by atoms with Crippen LogP contribution in [0.25, 0.3) is 11.0 Å². The summed E-state index contributed by atoms with van der Waals surface area (Å²) >= 11 is 6.31. The minimum absolute atomic E-state index is 0.159. The van der Waals surface area contributed by atoms with Gasteiger partial charge < -0.3 is 24.6 Å². The number of fused-ring (bicyclic) bond motifs is 3. The van der Waals surface area contributed by atoms with E-state index >= 15 is 0 Å². The van der Waals surface area contributed by atoms with Crippen LogP contribution in [0.4, 0.5) is 26.8 Å². The zero-order chi connectivity index (χ0) is 28.6. The summed E-state index contributed by atoms with van der Waals surface area (Å²) in [5, 5.41) is 22.6. The number of amides is 3. The first-order valence-electron chi connectivity index (χ1n) is 13.1. The van der Waals surface area contributed by atoms with Gasteiger partial charge in [-0.05, 0) is 54.8 Å². The van der Waals surface area contributed by atoms with Crippen LogP contribution in [0.1, 0.15) is 24.0 Å². The molecule has 0 saturated carbocycles. The number of anilines is 3. The monoisotopic (exact) mass is 575 g/mol. The summed E-state index contributed by atoms with van der Waals surface area (Å²) in [5.74, 6) is 0.0996. The molecule has 41 heavy (non-hydrogen) atoms. The van der Waals surface area contributed by atoms with Gasteiger partial charge in [0, 0.05) is 29.2 Å². The van der Waals surface area contributed by atoms with Crippen LogP contribution in [-0.2, 0) is 21.6 Å². The van der Waals surface area contributed by atoms with Crippen LogP contribution < -0.4 is 16.0 Å². The molecule has 2 atom stereocenters.